The van der Waals surface area contributed by atoms with Crippen LogP contribution >= 0.6 is 23.4 Å². The average molecular weight is 809 g/mol. The molecule has 2 aromatic carbocycles. The predicted octanol–water partition coefficient (Wildman–Crippen LogP) is 2.96. The van der Waals surface area contributed by atoms with Gasteiger partial charge < -0.3 is 25.6 Å². The number of carbonyl (C=O) groups excluding carboxylic acids is 5. The molecule has 2 fully saturated rings. The van der Waals surface area contributed by atoms with E-state index in [1.807, 2.05) is 0 Å². The second-order valence-corrected chi connectivity index (χ2v) is 13.8. The van der Waals surface area contributed by atoms with Crippen molar-refractivity contribution in [3.05, 3.63) is 70.9 Å². The fourth-order valence-electron chi connectivity index (χ4n) is 5.80. The van der Waals surface area contributed by atoms with E-state index in [1.54, 1.807) is 0 Å². The quantitative estimate of drug-likeness (QED) is 0.173. The van der Waals surface area contributed by atoms with Gasteiger partial charge in [-0.1, -0.05) is 11.6 Å². The van der Waals surface area contributed by atoms with E-state index in [0.29, 0.717) is 11.0 Å². The van der Waals surface area contributed by atoms with E-state index in [0.717, 1.165) is 26.5 Å². The molecule has 3 heterocycles. The van der Waals surface area contributed by atoms with Crippen LogP contribution in [0.3, 0.4) is 0 Å². The minimum absolute atomic E-state index is 0.0114. The number of ether oxygens (including phenoxy) is 1. The monoisotopic (exact) mass is 808 g/mol. The zero-order chi connectivity index (χ0) is 40.0. The third kappa shape index (κ3) is 10.1. The number of Topliss-reactive ketones (excluding diaryl/α,β-unsaturated/α-hetero) is 1. The summed E-state index contributed by atoms with van der Waals surface area (Å²) in [6.07, 6.45) is -5.91. The Morgan fingerprint density at radius 2 is 1.69 bits per heavy atom. The molecule has 4 N–H and O–H groups in total. The number of nitrogens with one attached hydrogen (secondary N) is 2. The van der Waals surface area contributed by atoms with E-state index >= 15 is 0 Å². The lowest BCUT2D eigenvalue weighted by atomic mass is 10.0. The minimum atomic E-state index is -4.89. The highest BCUT2D eigenvalue weighted by molar-refractivity contribution is 8.00. The molecule has 16 nitrogen and oxygen atoms in total. The standard InChI is InChI=1S/C34H32ClF3N6O10S/c35-19-5-7-20(8-6-19)43-28(15-26(41-43)34(36,37)38)54-16-25(45)23(14-29(47)48)40-32(52)24-2-1-13-42-27(46)12-11-22(33(53)44(24)42)39-31(51)18-3-9-21(10-4-18)55-17-30(49)50/h3-10,15,22-24H,1-2,11-14,16-17H2,(H,39,51)(H,40,52)(H,47,48)(H,49,50). The summed E-state index contributed by atoms with van der Waals surface area (Å²) in [6, 6.07) is 7.45. The number of aliphatic carboxylic acids is 2. The summed E-state index contributed by atoms with van der Waals surface area (Å²) < 4.78 is 46.8. The van der Waals surface area contributed by atoms with Crippen molar-refractivity contribution in [2.75, 3.05) is 18.9 Å². The van der Waals surface area contributed by atoms with Crippen molar-refractivity contribution >= 4 is 64.7 Å². The van der Waals surface area contributed by atoms with Gasteiger partial charge in [-0.25, -0.2) is 9.69 Å². The third-order valence-electron chi connectivity index (χ3n) is 8.43. The molecule has 0 spiro atoms. The molecule has 55 heavy (non-hydrogen) atoms. The Bertz CT molecular complexity index is 1980. The summed E-state index contributed by atoms with van der Waals surface area (Å²) >= 11 is 6.92. The van der Waals surface area contributed by atoms with Gasteiger partial charge in [-0.2, -0.15) is 18.3 Å². The number of amides is 4. The first kappa shape index (κ1) is 40.6. The van der Waals surface area contributed by atoms with E-state index in [4.69, 9.17) is 21.4 Å². The van der Waals surface area contributed by atoms with Crippen molar-refractivity contribution in [2.24, 2.45) is 0 Å². The van der Waals surface area contributed by atoms with Gasteiger partial charge in [-0.3, -0.25) is 38.6 Å². The number of fused-ring (bicyclic) bond motifs is 1. The lowest BCUT2D eigenvalue weighted by Gasteiger charge is -2.43. The van der Waals surface area contributed by atoms with Gasteiger partial charge in [-0.05, 0) is 67.8 Å². The summed E-state index contributed by atoms with van der Waals surface area (Å²) in [4.78, 5) is 90.4. The fraction of sp³-hybridized carbons (Fsp3) is 0.353. The lowest BCUT2D eigenvalue weighted by molar-refractivity contribution is -0.176. The summed E-state index contributed by atoms with van der Waals surface area (Å²) in [5, 5.41) is 29.1. The molecule has 3 aromatic rings. The van der Waals surface area contributed by atoms with Gasteiger partial charge >= 0.3 is 18.1 Å². The van der Waals surface area contributed by atoms with Crippen LogP contribution in [0, 0.1) is 0 Å². The third-order valence-corrected chi connectivity index (χ3v) is 9.68. The first-order valence-corrected chi connectivity index (χ1v) is 17.9. The van der Waals surface area contributed by atoms with Crippen LogP contribution < -0.4 is 15.4 Å². The molecule has 0 radical (unpaired) electrons. The molecule has 0 saturated carbocycles. The van der Waals surface area contributed by atoms with Crippen molar-refractivity contribution in [3.63, 3.8) is 0 Å². The van der Waals surface area contributed by atoms with E-state index in [-0.39, 0.29) is 54.3 Å². The van der Waals surface area contributed by atoms with Crippen molar-refractivity contribution < 1.29 is 61.7 Å². The molecule has 0 aliphatic carbocycles. The van der Waals surface area contributed by atoms with Crippen LogP contribution in [0.1, 0.15) is 48.2 Å². The number of hydrogen-bond donors (Lipinski definition) is 4. The van der Waals surface area contributed by atoms with Crippen LogP contribution in [0.15, 0.2) is 59.5 Å². The van der Waals surface area contributed by atoms with Crippen LogP contribution in [0.5, 0.6) is 5.88 Å². The van der Waals surface area contributed by atoms with Crippen LogP contribution in [0.4, 0.5) is 13.2 Å². The van der Waals surface area contributed by atoms with Gasteiger partial charge in [0, 0.05) is 34.5 Å². The fourth-order valence-corrected chi connectivity index (χ4v) is 6.55. The Balaban J connectivity index is 1.31. The van der Waals surface area contributed by atoms with Gasteiger partial charge in [0.1, 0.15) is 18.1 Å². The lowest BCUT2D eigenvalue weighted by Crippen LogP contribution is -2.64. The zero-order valence-electron chi connectivity index (χ0n) is 28.5. The normalized spacial score (nSPS) is 17.8. The molecule has 21 heteroatoms. The number of halogens is 4. The minimum Gasteiger partial charge on any atom is -0.481 e. The maximum absolute atomic E-state index is 13.9. The number of ketones is 1. The number of carboxylic acid groups (broad SMARTS) is 2. The molecule has 1 aromatic heterocycles. The molecule has 5 rings (SSSR count). The highest BCUT2D eigenvalue weighted by Gasteiger charge is 2.45. The second kappa shape index (κ2) is 17.2. The first-order valence-electron chi connectivity index (χ1n) is 16.5. The van der Waals surface area contributed by atoms with Gasteiger partial charge in [-0.15, -0.1) is 11.8 Å². The number of aromatic nitrogens is 2. The van der Waals surface area contributed by atoms with E-state index in [1.165, 1.54) is 48.5 Å². The molecule has 292 valence electrons. The highest BCUT2D eigenvalue weighted by Crippen LogP contribution is 2.33. The number of rotatable bonds is 14. The molecule has 3 atom stereocenters. The smallest absolute Gasteiger partial charge is 0.435 e. The molecule has 2 aliphatic heterocycles. The first-order chi connectivity index (χ1) is 26.0. The number of carboxylic acids is 2. The van der Waals surface area contributed by atoms with Crippen LogP contribution in [0.25, 0.3) is 5.69 Å². The SMILES string of the molecule is O=C(O)CSc1ccc(C(=O)NC2CCC(=O)N3CCCC(C(=O)NC(CC(=O)O)C(=O)COc4cc(C(F)(F)F)nn4-c4ccc(Cl)cc4)N3C2=O)cc1. The van der Waals surface area contributed by atoms with Crippen molar-refractivity contribution in [2.45, 2.75) is 61.3 Å². The number of hydrogen-bond acceptors (Lipinski definition) is 10. The van der Waals surface area contributed by atoms with Gasteiger partial charge in [0.05, 0.1) is 17.9 Å². The molecule has 2 aliphatic rings. The summed E-state index contributed by atoms with van der Waals surface area (Å²) in [5.74, 6) is -7.33. The Labute approximate surface area is 318 Å². The average Bonchev–Trinajstić information content (AvgIpc) is 3.54. The van der Waals surface area contributed by atoms with E-state index < -0.39 is 90.3 Å². The topological polar surface area (TPSA) is 218 Å². The van der Waals surface area contributed by atoms with Gasteiger partial charge in [0.15, 0.2) is 18.1 Å². The van der Waals surface area contributed by atoms with Crippen LogP contribution in [-0.2, 0) is 34.9 Å². The number of hydrazine groups is 1. The second-order valence-electron chi connectivity index (χ2n) is 12.3. The van der Waals surface area contributed by atoms with E-state index in [2.05, 4.69) is 15.7 Å². The van der Waals surface area contributed by atoms with Gasteiger partial charge in [0.25, 0.3) is 11.8 Å². The Morgan fingerprint density at radius 1 is 1.00 bits per heavy atom. The van der Waals surface area contributed by atoms with Crippen LogP contribution in [0.2, 0.25) is 5.02 Å². The molecule has 2 saturated heterocycles. The molecule has 4 amide bonds. The number of alkyl halides is 3. The van der Waals surface area contributed by atoms with Crippen molar-refractivity contribution in [3.8, 4) is 11.6 Å². The van der Waals surface area contributed by atoms with Crippen molar-refractivity contribution in [1.82, 2.24) is 30.4 Å². The van der Waals surface area contributed by atoms with Gasteiger partial charge in [0.2, 0.25) is 17.7 Å². The number of benzene rings is 2. The summed E-state index contributed by atoms with van der Waals surface area (Å²) in [6.45, 7) is -0.947. The Hall–Kier alpha value is -5.63. The predicted molar refractivity (Wildman–Crippen MR) is 185 cm³/mol. The largest absolute Gasteiger partial charge is 0.481 e. The van der Waals surface area contributed by atoms with Crippen molar-refractivity contribution in [1.29, 1.82) is 0 Å². The molecule has 3 unspecified atom stereocenters. The molecule has 0 bridgehead atoms. The highest BCUT2D eigenvalue weighted by atomic mass is 35.5. The van der Waals surface area contributed by atoms with Crippen LogP contribution in [-0.4, -0.2) is 108 Å². The van der Waals surface area contributed by atoms with E-state index in [9.17, 15) is 51.8 Å². The molecular weight excluding hydrogens is 777 g/mol. The number of carbonyl (C=O) groups is 7. The maximum atomic E-state index is 13.9. The summed E-state index contributed by atoms with van der Waals surface area (Å²) in [7, 11) is 0. The Kier molecular flexibility index (Phi) is 12.7. The zero-order valence-corrected chi connectivity index (χ0v) is 30.0. The Morgan fingerprint density at radius 3 is 2.33 bits per heavy atom. The molecular formula is C34H32ClF3N6O10S. The number of thioether (sulfide) groups is 1. The summed E-state index contributed by atoms with van der Waals surface area (Å²) in [5.41, 5.74) is -1.12. The maximum Gasteiger partial charge on any atom is 0.435 e. The number of nitrogens with zero attached hydrogens (tertiary/aromatic N) is 4.